The average molecular weight is 430 g/mol. The molecule has 3 aromatic rings. The number of aromatic nitrogens is 1. The number of hydrogen-bond acceptors (Lipinski definition) is 4. The highest BCUT2D eigenvalue weighted by molar-refractivity contribution is 7.89. The normalized spacial score (nSPS) is 15.4. The van der Waals surface area contributed by atoms with Crippen molar-refractivity contribution in [3.05, 3.63) is 57.9 Å². The Kier molecular flexibility index (Phi) is 4.96. The summed E-state index contributed by atoms with van der Waals surface area (Å²) in [5.74, 6) is -0.388. The molecule has 0 unspecified atom stereocenters. The molecule has 0 atom stereocenters. The van der Waals surface area contributed by atoms with E-state index in [1.54, 1.807) is 7.05 Å². The summed E-state index contributed by atoms with van der Waals surface area (Å²) in [4.78, 5) is 17.8. The number of nitrogens with zero attached hydrogens (tertiary/aromatic N) is 3. The number of carbonyl (C=O) groups excluding carboxylic acids is 1. The molecule has 1 saturated carbocycles. The maximum Gasteiger partial charge on any atom is 0.279 e. The van der Waals surface area contributed by atoms with Gasteiger partial charge in [-0.2, -0.15) is 9.30 Å². The van der Waals surface area contributed by atoms with Crippen molar-refractivity contribution in [2.24, 2.45) is 12.0 Å². The fourth-order valence-corrected chi connectivity index (χ4v) is 5.85. The summed E-state index contributed by atoms with van der Waals surface area (Å²) in [5, 5.41) is 0. The Morgan fingerprint density at radius 3 is 2.41 bits per heavy atom. The lowest BCUT2D eigenvalue weighted by molar-refractivity contribution is 0.0998. The molecule has 1 fully saturated rings. The van der Waals surface area contributed by atoms with E-state index >= 15 is 0 Å². The van der Waals surface area contributed by atoms with Crippen molar-refractivity contribution < 1.29 is 13.2 Å². The number of rotatable bonds is 4. The highest BCUT2D eigenvalue weighted by Gasteiger charge is 2.35. The van der Waals surface area contributed by atoms with E-state index in [2.05, 4.69) is 24.9 Å². The minimum absolute atomic E-state index is 0.0939. The topological polar surface area (TPSA) is 71.7 Å². The van der Waals surface area contributed by atoms with Crippen molar-refractivity contribution in [2.75, 3.05) is 7.05 Å². The van der Waals surface area contributed by atoms with Crippen molar-refractivity contribution in [1.82, 2.24) is 8.87 Å². The van der Waals surface area contributed by atoms with Crippen LogP contribution in [0.1, 0.15) is 34.3 Å². The number of hydrogen-bond donors (Lipinski definition) is 0. The Labute approximate surface area is 174 Å². The van der Waals surface area contributed by atoms with Gasteiger partial charge in [0.15, 0.2) is 4.80 Å². The van der Waals surface area contributed by atoms with Crippen molar-refractivity contribution in [3.8, 4) is 0 Å². The van der Waals surface area contributed by atoms with Gasteiger partial charge in [0.1, 0.15) is 0 Å². The maximum absolute atomic E-state index is 12.7. The highest BCUT2D eigenvalue weighted by Crippen LogP contribution is 2.30. The third kappa shape index (κ3) is 3.56. The average Bonchev–Trinajstić information content (AvgIpc) is 3.50. The smallest absolute Gasteiger partial charge is 0.279 e. The summed E-state index contributed by atoms with van der Waals surface area (Å²) in [5.41, 5.74) is 3.80. The van der Waals surface area contributed by atoms with Crippen molar-refractivity contribution in [2.45, 2.75) is 37.6 Å². The second kappa shape index (κ2) is 7.19. The van der Waals surface area contributed by atoms with Gasteiger partial charge < -0.3 is 4.57 Å². The van der Waals surface area contributed by atoms with Gasteiger partial charge in [-0.3, -0.25) is 4.79 Å². The molecule has 1 heterocycles. The van der Waals surface area contributed by atoms with Gasteiger partial charge in [0.05, 0.1) is 15.1 Å². The lowest BCUT2D eigenvalue weighted by Crippen LogP contribution is -2.28. The van der Waals surface area contributed by atoms with Crippen molar-refractivity contribution >= 4 is 37.5 Å². The molecule has 1 aliphatic rings. The van der Waals surface area contributed by atoms with E-state index in [1.807, 2.05) is 17.7 Å². The van der Waals surface area contributed by atoms with E-state index in [1.165, 1.54) is 51.0 Å². The van der Waals surface area contributed by atoms with Crippen molar-refractivity contribution in [3.63, 3.8) is 0 Å². The molecule has 0 radical (unpaired) electrons. The molecular weight excluding hydrogens is 406 g/mol. The molecule has 0 spiro atoms. The second-order valence-corrected chi connectivity index (χ2v) is 10.5. The monoisotopic (exact) mass is 429 g/mol. The summed E-state index contributed by atoms with van der Waals surface area (Å²) in [6, 6.07) is 10.2. The zero-order chi connectivity index (χ0) is 20.9. The van der Waals surface area contributed by atoms with E-state index in [0.29, 0.717) is 10.4 Å². The second-order valence-electron chi connectivity index (χ2n) is 7.49. The number of benzene rings is 2. The minimum atomic E-state index is -3.52. The summed E-state index contributed by atoms with van der Waals surface area (Å²) in [7, 11) is -0.0134. The number of fused-ring (bicyclic) bond motifs is 1. The van der Waals surface area contributed by atoms with Crippen LogP contribution in [0.2, 0.25) is 0 Å². The maximum atomic E-state index is 12.7. The molecule has 29 heavy (non-hydrogen) atoms. The number of thiazole rings is 1. The van der Waals surface area contributed by atoms with Gasteiger partial charge in [0.25, 0.3) is 5.91 Å². The Bertz CT molecular complexity index is 1280. The SMILES string of the molecule is Cc1ccc2sc(=NC(=O)c3ccc(S(=O)(=O)N(C)C4CC4)cc3)n(C)c2c1C. The van der Waals surface area contributed by atoms with Gasteiger partial charge in [0, 0.05) is 25.7 Å². The fraction of sp³-hybridized carbons (Fsp3) is 0.333. The third-order valence-electron chi connectivity index (χ3n) is 5.52. The molecule has 0 aliphatic heterocycles. The standard InChI is InChI=1S/C21H23N3O3S2/c1-13-5-12-18-19(14(13)2)23(3)21(28-18)22-20(25)15-6-10-17(11-7-15)29(26,27)24(4)16-8-9-16/h5-7,10-12,16H,8-9H2,1-4H3. The Morgan fingerprint density at radius 1 is 1.14 bits per heavy atom. The van der Waals surface area contributed by atoms with E-state index in [0.717, 1.165) is 23.1 Å². The quantitative estimate of drug-likeness (QED) is 0.638. The van der Waals surface area contributed by atoms with Crippen LogP contribution in [0.4, 0.5) is 0 Å². The Hall–Kier alpha value is -2.29. The molecule has 0 bridgehead atoms. The van der Waals surface area contributed by atoms with Crippen LogP contribution in [0.25, 0.3) is 10.2 Å². The minimum Gasteiger partial charge on any atom is -0.319 e. The van der Waals surface area contributed by atoms with Crippen LogP contribution in [-0.4, -0.2) is 36.3 Å². The summed E-state index contributed by atoms with van der Waals surface area (Å²) < 4.78 is 29.6. The van der Waals surface area contributed by atoms with Gasteiger partial charge in [-0.1, -0.05) is 17.4 Å². The molecule has 1 aromatic heterocycles. The van der Waals surface area contributed by atoms with Gasteiger partial charge in [-0.15, -0.1) is 0 Å². The predicted molar refractivity (Wildman–Crippen MR) is 115 cm³/mol. The zero-order valence-corrected chi connectivity index (χ0v) is 18.5. The molecule has 8 heteroatoms. The third-order valence-corrected chi connectivity index (χ3v) is 8.55. The number of carbonyl (C=O) groups is 1. The molecule has 0 N–H and O–H groups in total. The van der Waals surface area contributed by atoms with E-state index in [-0.39, 0.29) is 16.8 Å². The van der Waals surface area contributed by atoms with Gasteiger partial charge in [-0.25, -0.2) is 8.42 Å². The molecular formula is C21H23N3O3S2. The van der Waals surface area contributed by atoms with Crippen LogP contribution in [0, 0.1) is 13.8 Å². The van der Waals surface area contributed by atoms with Gasteiger partial charge >= 0.3 is 0 Å². The number of sulfonamides is 1. The highest BCUT2D eigenvalue weighted by atomic mass is 32.2. The van der Waals surface area contributed by atoms with E-state index < -0.39 is 10.0 Å². The number of aryl methyl sites for hydroxylation is 3. The lowest BCUT2D eigenvalue weighted by Gasteiger charge is -2.16. The Balaban J connectivity index is 1.66. The van der Waals surface area contributed by atoms with E-state index in [9.17, 15) is 13.2 Å². The van der Waals surface area contributed by atoms with E-state index in [4.69, 9.17) is 0 Å². The van der Waals surface area contributed by atoms with Crippen molar-refractivity contribution in [1.29, 1.82) is 0 Å². The fourth-order valence-electron chi connectivity index (χ4n) is 3.36. The van der Waals surface area contributed by atoms with Crippen LogP contribution in [0.3, 0.4) is 0 Å². The lowest BCUT2D eigenvalue weighted by atomic mass is 10.1. The summed E-state index contributed by atoms with van der Waals surface area (Å²) in [6.07, 6.45) is 1.80. The first-order chi connectivity index (χ1) is 13.7. The van der Waals surface area contributed by atoms with Crippen LogP contribution in [0.5, 0.6) is 0 Å². The molecule has 152 valence electrons. The molecule has 6 nitrogen and oxygen atoms in total. The number of amides is 1. The zero-order valence-electron chi connectivity index (χ0n) is 16.8. The van der Waals surface area contributed by atoms with Crippen LogP contribution in [0.15, 0.2) is 46.3 Å². The summed E-state index contributed by atoms with van der Waals surface area (Å²) in [6.45, 7) is 4.12. The van der Waals surface area contributed by atoms with Crippen LogP contribution < -0.4 is 4.80 Å². The predicted octanol–water partition coefficient (Wildman–Crippen LogP) is 3.38. The summed E-state index contributed by atoms with van der Waals surface area (Å²) >= 11 is 1.46. The molecule has 2 aromatic carbocycles. The molecule has 1 amide bonds. The Morgan fingerprint density at radius 2 is 1.79 bits per heavy atom. The van der Waals surface area contributed by atoms with Crippen LogP contribution in [-0.2, 0) is 17.1 Å². The van der Waals surface area contributed by atoms with Gasteiger partial charge in [0.2, 0.25) is 10.0 Å². The van der Waals surface area contributed by atoms with Gasteiger partial charge in [-0.05, 0) is 68.1 Å². The first-order valence-corrected chi connectivity index (χ1v) is 11.7. The first-order valence-electron chi connectivity index (χ1n) is 9.43. The molecule has 0 saturated heterocycles. The first kappa shape index (κ1) is 20.0. The van der Waals surface area contributed by atoms with Crippen LogP contribution >= 0.6 is 11.3 Å². The molecule has 4 rings (SSSR count). The largest absolute Gasteiger partial charge is 0.319 e. The molecule has 1 aliphatic carbocycles.